The van der Waals surface area contributed by atoms with Gasteiger partial charge < -0.3 is 15.0 Å². The van der Waals surface area contributed by atoms with Gasteiger partial charge in [0.1, 0.15) is 11.8 Å². The van der Waals surface area contributed by atoms with Crippen LogP contribution in [-0.2, 0) is 29.0 Å². The SMILES string of the molecule is CCc1ccc(N(C(=O)CCN2CCc3ccccc32)[C@H](C(=O)NCc2ccccc2)c2ccc(OC)cc2)cc1. The average Bonchev–Trinajstić information content (AvgIpc) is 3.45. The third kappa shape index (κ3) is 6.60. The molecule has 0 saturated heterocycles. The summed E-state index contributed by atoms with van der Waals surface area (Å²) < 4.78 is 5.37. The maximum atomic E-state index is 14.2. The molecule has 4 aromatic carbocycles. The number of carbonyl (C=O) groups is 2. The summed E-state index contributed by atoms with van der Waals surface area (Å²) in [5, 5.41) is 3.09. The van der Waals surface area contributed by atoms with Gasteiger partial charge in [0, 0.05) is 37.4 Å². The first kappa shape index (κ1) is 28.0. The number of benzene rings is 4. The number of rotatable bonds is 11. The van der Waals surface area contributed by atoms with Gasteiger partial charge in [0.05, 0.1) is 7.11 Å². The number of nitrogens with zero attached hydrogens (tertiary/aromatic N) is 2. The van der Waals surface area contributed by atoms with Crippen molar-refractivity contribution >= 4 is 23.2 Å². The molecule has 1 heterocycles. The van der Waals surface area contributed by atoms with Gasteiger partial charge in [-0.3, -0.25) is 14.5 Å². The Bertz CT molecular complexity index is 1450. The Morgan fingerprint density at radius 1 is 0.878 bits per heavy atom. The van der Waals surface area contributed by atoms with Crippen molar-refractivity contribution in [2.75, 3.05) is 30.0 Å². The molecule has 4 aromatic rings. The zero-order valence-corrected chi connectivity index (χ0v) is 23.8. The van der Waals surface area contributed by atoms with E-state index in [0.717, 1.165) is 30.5 Å². The van der Waals surface area contributed by atoms with Gasteiger partial charge in [0.2, 0.25) is 11.8 Å². The highest BCUT2D eigenvalue weighted by Crippen LogP contribution is 2.32. The van der Waals surface area contributed by atoms with Crippen LogP contribution in [0, 0.1) is 0 Å². The second kappa shape index (κ2) is 13.2. The lowest BCUT2D eigenvalue weighted by Crippen LogP contribution is -2.44. The zero-order chi connectivity index (χ0) is 28.6. The van der Waals surface area contributed by atoms with E-state index < -0.39 is 6.04 Å². The molecule has 41 heavy (non-hydrogen) atoms. The lowest BCUT2D eigenvalue weighted by Gasteiger charge is -2.32. The minimum atomic E-state index is -0.851. The van der Waals surface area contributed by atoms with Gasteiger partial charge >= 0.3 is 0 Å². The van der Waals surface area contributed by atoms with Crippen LogP contribution in [0.4, 0.5) is 11.4 Å². The number of hydrogen-bond acceptors (Lipinski definition) is 4. The van der Waals surface area contributed by atoms with Crippen molar-refractivity contribution in [3.63, 3.8) is 0 Å². The highest BCUT2D eigenvalue weighted by atomic mass is 16.5. The number of ether oxygens (including phenoxy) is 1. The summed E-state index contributed by atoms with van der Waals surface area (Å²) in [6.45, 7) is 3.94. The highest BCUT2D eigenvalue weighted by molar-refractivity contribution is 6.01. The van der Waals surface area contributed by atoms with E-state index in [-0.39, 0.29) is 18.2 Å². The molecule has 6 nitrogen and oxygen atoms in total. The summed E-state index contributed by atoms with van der Waals surface area (Å²) in [6, 6.07) is 32.6. The molecule has 0 aliphatic carbocycles. The monoisotopic (exact) mass is 547 g/mol. The number of hydrogen-bond donors (Lipinski definition) is 1. The van der Waals surface area contributed by atoms with E-state index in [4.69, 9.17) is 4.74 Å². The maximum absolute atomic E-state index is 14.2. The molecule has 0 bridgehead atoms. The van der Waals surface area contributed by atoms with E-state index in [1.165, 1.54) is 16.8 Å². The second-order valence-electron chi connectivity index (χ2n) is 10.3. The van der Waals surface area contributed by atoms with Gasteiger partial charge in [-0.2, -0.15) is 0 Å². The lowest BCUT2D eigenvalue weighted by atomic mass is 10.0. The van der Waals surface area contributed by atoms with Crippen molar-refractivity contribution in [2.45, 2.75) is 38.8 Å². The molecule has 1 aliphatic rings. The fraction of sp³-hybridized carbons (Fsp3) is 0.257. The molecular formula is C35H37N3O3. The molecule has 6 heteroatoms. The number of fused-ring (bicyclic) bond motifs is 1. The molecule has 1 aliphatic heterocycles. The lowest BCUT2D eigenvalue weighted by molar-refractivity contribution is -0.126. The minimum Gasteiger partial charge on any atom is -0.497 e. The Morgan fingerprint density at radius 2 is 1.59 bits per heavy atom. The molecule has 0 spiro atoms. The molecule has 210 valence electrons. The number of aryl methyl sites for hydroxylation is 1. The summed E-state index contributed by atoms with van der Waals surface area (Å²) in [4.78, 5) is 32.1. The first-order valence-corrected chi connectivity index (χ1v) is 14.3. The van der Waals surface area contributed by atoms with Crippen LogP contribution in [0.15, 0.2) is 103 Å². The quantitative estimate of drug-likeness (QED) is 0.246. The molecule has 0 radical (unpaired) electrons. The van der Waals surface area contributed by atoms with Crippen LogP contribution >= 0.6 is 0 Å². The van der Waals surface area contributed by atoms with E-state index in [1.54, 1.807) is 12.0 Å². The van der Waals surface area contributed by atoms with Crippen LogP contribution < -0.4 is 19.9 Å². The van der Waals surface area contributed by atoms with Crippen molar-refractivity contribution in [3.8, 4) is 5.75 Å². The van der Waals surface area contributed by atoms with Gasteiger partial charge in [-0.25, -0.2) is 0 Å². The number of anilines is 2. The van der Waals surface area contributed by atoms with Crippen molar-refractivity contribution in [3.05, 3.63) is 125 Å². The molecule has 0 aromatic heterocycles. The summed E-state index contributed by atoms with van der Waals surface area (Å²) in [7, 11) is 1.61. The number of para-hydroxylation sites is 1. The summed E-state index contributed by atoms with van der Waals surface area (Å²) in [5.41, 5.74) is 6.08. The second-order valence-corrected chi connectivity index (χ2v) is 10.3. The fourth-order valence-corrected chi connectivity index (χ4v) is 5.40. The van der Waals surface area contributed by atoms with Crippen LogP contribution in [0.3, 0.4) is 0 Å². The van der Waals surface area contributed by atoms with Gasteiger partial charge in [-0.1, -0.05) is 79.7 Å². The predicted octanol–water partition coefficient (Wildman–Crippen LogP) is 6.10. The van der Waals surface area contributed by atoms with Crippen LogP contribution in [0.2, 0.25) is 0 Å². The normalized spacial score (nSPS) is 12.9. The van der Waals surface area contributed by atoms with Crippen molar-refractivity contribution in [1.82, 2.24) is 5.32 Å². The van der Waals surface area contributed by atoms with Gasteiger partial charge in [-0.15, -0.1) is 0 Å². The van der Waals surface area contributed by atoms with Crippen LogP contribution in [0.1, 0.15) is 41.6 Å². The molecule has 5 rings (SSSR count). The Labute approximate surface area is 242 Å². The highest BCUT2D eigenvalue weighted by Gasteiger charge is 2.33. The van der Waals surface area contributed by atoms with E-state index in [1.807, 2.05) is 84.9 Å². The van der Waals surface area contributed by atoms with E-state index >= 15 is 0 Å². The summed E-state index contributed by atoms with van der Waals surface area (Å²) in [6.07, 6.45) is 2.15. The zero-order valence-electron chi connectivity index (χ0n) is 23.8. The predicted molar refractivity (Wildman–Crippen MR) is 164 cm³/mol. The molecule has 2 amide bonds. The van der Waals surface area contributed by atoms with Crippen LogP contribution in [-0.4, -0.2) is 32.0 Å². The topological polar surface area (TPSA) is 61.9 Å². The molecule has 0 fully saturated rings. The number of methoxy groups -OCH3 is 1. The minimum absolute atomic E-state index is 0.102. The summed E-state index contributed by atoms with van der Waals surface area (Å²) in [5.74, 6) is 0.350. The van der Waals surface area contributed by atoms with Crippen molar-refractivity contribution in [1.29, 1.82) is 0 Å². The standard InChI is InChI=1S/C35H37N3O3/c1-3-26-13-17-30(18-14-26)38(33(39)22-24-37-23-21-28-11-7-8-12-32(28)37)34(29-15-19-31(41-2)20-16-29)35(40)36-25-27-9-5-4-6-10-27/h4-20,34H,3,21-25H2,1-2H3,(H,36,40)/t34-/m0/s1. The van der Waals surface area contributed by atoms with Gasteiger partial charge in [0.15, 0.2) is 0 Å². The van der Waals surface area contributed by atoms with Crippen molar-refractivity contribution < 1.29 is 14.3 Å². The summed E-state index contributed by atoms with van der Waals surface area (Å²) >= 11 is 0. The Kier molecular flexibility index (Phi) is 8.99. The number of carbonyl (C=O) groups excluding carboxylic acids is 2. The molecule has 0 unspecified atom stereocenters. The first-order valence-electron chi connectivity index (χ1n) is 14.3. The van der Waals surface area contributed by atoms with Gasteiger partial charge in [0.25, 0.3) is 0 Å². The van der Waals surface area contributed by atoms with Crippen LogP contribution in [0.25, 0.3) is 0 Å². The van der Waals surface area contributed by atoms with E-state index in [0.29, 0.717) is 24.5 Å². The molecule has 1 N–H and O–H groups in total. The third-order valence-corrected chi connectivity index (χ3v) is 7.72. The number of amides is 2. The Balaban J connectivity index is 1.47. The van der Waals surface area contributed by atoms with Crippen LogP contribution in [0.5, 0.6) is 5.75 Å². The molecule has 0 saturated carbocycles. The van der Waals surface area contributed by atoms with E-state index in [2.05, 4.69) is 35.3 Å². The third-order valence-electron chi connectivity index (χ3n) is 7.72. The number of nitrogens with one attached hydrogen (secondary N) is 1. The Morgan fingerprint density at radius 3 is 2.29 bits per heavy atom. The first-order chi connectivity index (χ1) is 20.1. The van der Waals surface area contributed by atoms with Crippen molar-refractivity contribution in [2.24, 2.45) is 0 Å². The van der Waals surface area contributed by atoms with E-state index in [9.17, 15) is 9.59 Å². The Hall–Kier alpha value is -4.58. The van der Waals surface area contributed by atoms with Gasteiger partial charge in [-0.05, 0) is 65.4 Å². The average molecular weight is 548 g/mol. The largest absolute Gasteiger partial charge is 0.497 e. The smallest absolute Gasteiger partial charge is 0.248 e. The molecule has 1 atom stereocenters. The fourth-order valence-electron chi connectivity index (χ4n) is 5.40. The molecular weight excluding hydrogens is 510 g/mol. The maximum Gasteiger partial charge on any atom is 0.248 e.